The Hall–Kier alpha value is -1.52. The van der Waals surface area contributed by atoms with Gasteiger partial charge in [-0.2, -0.15) is 13.2 Å². The lowest BCUT2D eigenvalue weighted by atomic mass is 10.1. The van der Waals surface area contributed by atoms with Gasteiger partial charge in [-0.05, 0) is 19.1 Å². The lowest BCUT2D eigenvalue weighted by molar-refractivity contribution is -0.137. The van der Waals surface area contributed by atoms with Crippen LogP contribution in [0.3, 0.4) is 0 Å². The van der Waals surface area contributed by atoms with Gasteiger partial charge in [0, 0.05) is 17.0 Å². The number of nitrogens with one attached hydrogen (secondary N) is 1. The Morgan fingerprint density at radius 1 is 1.25 bits per heavy atom. The van der Waals surface area contributed by atoms with E-state index in [1.165, 1.54) is 13.0 Å². The van der Waals surface area contributed by atoms with E-state index in [9.17, 15) is 13.2 Å². The molecule has 1 aromatic rings. The van der Waals surface area contributed by atoms with Crippen molar-refractivity contribution in [1.29, 1.82) is 5.41 Å². The Morgan fingerprint density at radius 2 is 1.75 bits per heavy atom. The molecule has 0 aliphatic rings. The highest BCUT2D eigenvalue weighted by atomic mass is 19.4. The monoisotopic (exact) mass is 232 g/mol. The van der Waals surface area contributed by atoms with Gasteiger partial charge in [-0.3, -0.25) is 0 Å². The van der Waals surface area contributed by atoms with Crippen molar-refractivity contribution in [3.8, 4) is 0 Å². The standard InChI is InChI=1S/C9H9F3N2.C2H6/c1-5(13)7-3-2-6(4-8(7)14)9(10,11)12;1-2/h2-4,13H,14H2,1H3;1-2H3. The molecule has 0 aliphatic carbocycles. The molecule has 0 saturated heterocycles. The summed E-state index contributed by atoms with van der Waals surface area (Å²) in [7, 11) is 0. The van der Waals surface area contributed by atoms with Crippen LogP contribution in [0.25, 0.3) is 0 Å². The van der Waals surface area contributed by atoms with Crippen LogP contribution < -0.4 is 5.73 Å². The van der Waals surface area contributed by atoms with E-state index in [0.29, 0.717) is 5.56 Å². The maximum absolute atomic E-state index is 12.2. The topological polar surface area (TPSA) is 49.9 Å². The van der Waals surface area contributed by atoms with Crippen molar-refractivity contribution in [2.24, 2.45) is 0 Å². The summed E-state index contributed by atoms with van der Waals surface area (Å²) in [4.78, 5) is 0. The van der Waals surface area contributed by atoms with Crippen LogP contribution in [0.4, 0.5) is 18.9 Å². The number of nitrogen functional groups attached to an aromatic ring is 1. The van der Waals surface area contributed by atoms with Gasteiger partial charge in [0.2, 0.25) is 0 Å². The van der Waals surface area contributed by atoms with Crippen LogP contribution in [0.2, 0.25) is 0 Å². The molecule has 0 unspecified atom stereocenters. The molecule has 0 bridgehead atoms. The predicted octanol–water partition coefficient (Wildman–Crippen LogP) is 3.70. The fraction of sp³-hybridized carbons (Fsp3) is 0.364. The van der Waals surface area contributed by atoms with Gasteiger partial charge in [-0.1, -0.05) is 19.9 Å². The summed E-state index contributed by atoms with van der Waals surface area (Å²) in [5.74, 6) is 0. The molecule has 5 heteroatoms. The van der Waals surface area contributed by atoms with E-state index < -0.39 is 11.7 Å². The first-order valence-corrected chi connectivity index (χ1v) is 4.84. The summed E-state index contributed by atoms with van der Waals surface area (Å²) in [5, 5.41) is 7.24. The third-order valence-electron chi connectivity index (χ3n) is 1.78. The van der Waals surface area contributed by atoms with Crippen molar-refractivity contribution >= 4 is 11.4 Å². The molecule has 0 heterocycles. The maximum atomic E-state index is 12.2. The second-order valence-electron chi connectivity index (χ2n) is 2.92. The van der Waals surface area contributed by atoms with Crippen molar-refractivity contribution in [3.05, 3.63) is 29.3 Å². The summed E-state index contributed by atoms with van der Waals surface area (Å²) in [6, 6.07) is 2.97. The van der Waals surface area contributed by atoms with E-state index in [0.717, 1.165) is 12.1 Å². The van der Waals surface area contributed by atoms with Crippen LogP contribution in [0, 0.1) is 5.41 Å². The van der Waals surface area contributed by atoms with E-state index in [4.69, 9.17) is 11.1 Å². The van der Waals surface area contributed by atoms with Crippen molar-refractivity contribution in [2.45, 2.75) is 26.9 Å². The van der Waals surface area contributed by atoms with Gasteiger partial charge >= 0.3 is 6.18 Å². The fourth-order valence-electron chi connectivity index (χ4n) is 1.08. The van der Waals surface area contributed by atoms with E-state index >= 15 is 0 Å². The highest BCUT2D eigenvalue weighted by Crippen LogP contribution is 2.31. The van der Waals surface area contributed by atoms with Crippen LogP contribution in [0.5, 0.6) is 0 Å². The zero-order valence-corrected chi connectivity index (χ0v) is 9.44. The average molecular weight is 232 g/mol. The van der Waals surface area contributed by atoms with Crippen LogP contribution >= 0.6 is 0 Å². The van der Waals surface area contributed by atoms with E-state index in [2.05, 4.69) is 0 Å². The molecule has 0 atom stereocenters. The normalized spacial score (nSPS) is 10.4. The van der Waals surface area contributed by atoms with Gasteiger partial charge in [-0.15, -0.1) is 0 Å². The Bertz CT molecular complexity index is 370. The third kappa shape index (κ3) is 3.56. The minimum Gasteiger partial charge on any atom is -0.398 e. The van der Waals surface area contributed by atoms with Crippen LogP contribution in [0.1, 0.15) is 31.9 Å². The molecule has 1 aromatic carbocycles. The number of hydrogen-bond donors (Lipinski definition) is 2. The first kappa shape index (κ1) is 14.5. The molecule has 0 spiro atoms. The highest BCUT2D eigenvalue weighted by molar-refractivity contribution is 6.00. The van der Waals surface area contributed by atoms with Crippen molar-refractivity contribution in [3.63, 3.8) is 0 Å². The Morgan fingerprint density at radius 3 is 2.06 bits per heavy atom. The lowest BCUT2D eigenvalue weighted by Crippen LogP contribution is -2.08. The number of rotatable bonds is 1. The first-order chi connectivity index (χ1) is 7.32. The molecule has 16 heavy (non-hydrogen) atoms. The smallest absolute Gasteiger partial charge is 0.398 e. The van der Waals surface area contributed by atoms with Crippen molar-refractivity contribution in [1.82, 2.24) is 0 Å². The van der Waals surface area contributed by atoms with Crippen LogP contribution in [-0.2, 0) is 6.18 Å². The van der Waals surface area contributed by atoms with E-state index in [1.807, 2.05) is 13.8 Å². The molecule has 0 radical (unpaired) electrons. The second kappa shape index (κ2) is 5.53. The molecule has 0 aromatic heterocycles. The number of anilines is 1. The van der Waals surface area contributed by atoms with Gasteiger partial charge in [0.25, 0.3) is 0 Å². The van der Waals surface area contributed by atoms with Gasteiger partial charge in [0.15, 0.2) is 0 Å². The number of nitrogens with two attached hydrogens (primary N) is 1. The zero-order chi connectivity index (χ0) is 12.9. The molecule has 90 valence electrons. The molecule has 3 N–H and O–H groups in total. The summed E-state index contributed by atoms with van der Waals surface area (Å²) in [6.45, 7) is 5.47. The lowest BCUT2D eigenvalue weighted by Gasteiger charge is -2.09. The molecule has 0 fully saturated rings. The van der Waals surface area contributed by atoms with Crippen molar-refractivity contribution in [2.75, 3.05) is 5.73 Å². The summed E-state index contributed by atoms with van der Waals surface area (Å²) in [5.41, 5.74) is 5.05. The maximum Gasteiger partial charge on any atom is 0.416 e. The third-order valence-corrected chi connectivity index (χ3v) is 1.78. The van der Waals surface area contributed by atoms with Gasteiger partial charge in [0.05, 0.1) is 5.56 Å². The quantitative estimate of drug-likeness (QED) is 0.563. The van der Waals surface area contributed by atoms with Gasteiger partial charge in [-0.25, -0.2) is 0 Å². The molecule has 0 amide bonds. The molecule has 2 nitrogen and oxygen atoms in total. The largest absolute Gasteiger partial charge is 0.416 e. The molecular weight excluding hydrogens is 217 g/mol. The number of benzene rings is 1. The number of halogens is 3. The molecule has 1 rings (SSSR count). The summed E-state index contributed by atoms with van der Waals surface area (Å²) in [6.07, 6.45) is -4.39. The molecule has 0 saturated carbocycles. The first-order valence-electron chi connectivity index (χ1n) is 4.84. The SMILES string of the molecule is CC.CC(=N)c1ccc(C(F)(F)F)cc1N. The predicted molar refractivity (Wildman–Crippen MR) is 59.7 cm³/mol. The zero-order valence-electron chi connectivity index (χ0n) is 9.44. The number of hydrogen-bond acceptors (Lipinski definition) is 2. The van der Waals surface area contributed by atoms with Gasteiger partial charge < -0.3 is 11.1 Å². The second-order valence-corrected chi connectivity index (χ2v) is 2.92. The molecule has 0 aliphatic heterocycles. The minimum absolute atomic E-state index is 0.0210. The van der Waals surface area contributed by atoms with Gasteiger partial charge in [0.1, 0.15) is 0 Å². The minimum atomic E-state index is -4.39. The number of alkyl halides is 3. The Labute approximate surface area is 92.8 Å². The van der Waals surface area contributed by atoms with Crippen LogP contribution in [-0.4, -0.2) is 5.71 Å². The Balaban J connectivity index is 0.00000106. The summed E-state index contributed by atoms with van der Waals surface area (Å²) >= 11 is 0. The summed E-state index contributed by atoms with van der Waals surface area (Å²) < 4.78 is 36.6. The average Bonchev–Trinajstić information content (AvgIpc) is 2.18. The Kier molecular flexibility index (Phi) is 5.01. The van der Waals surface area contributed by atoms with E-state index in [1.54, 1.807) is 0 Å². The van der Waals surface area contributed by atoms with Crippen molar-refractivity contribution < 1.29 is 13.2 Å². The molecular formula is C11H15F3N2. The van der Waals surface area contributed by atoms with E-state index in [-0.39, 0.29) is 11.4 Å². The fourth-order valence-corrected chi connectivity index (χ4v) is 1.08. The highest BCUT2D eigenvalue weighted by Gasteiger charge is 2.30. The van der Waals surface area contributed by atoms with Crippen LogP contribution in [0.15, 0.2) is 18.2 Å².